The number of aliphatic hydroxyl groups excluding tert-OH is 1. The zero-order valence-corrected chi connectivity index (χ0v) is 8.77. The Morgan fingerprint density at radius 2 is 2.23 bits per heavy atom. The van der Waals surface area contributed by atoms with Crippen molar-refractivity contribution in [2.75, 3.05) is 12.3 Å². The first-order chi connectivity index (χ1) is 6.13. The Kier molecular flexibility index (Phi) is 3.63. The van der Waals surface area contributed by atoms with Crippen LogP contribution in [0.4, 0.5) is 5.69 Å². The van der Waals surface area contributed by atoms with Crippen LogP contribution in [0.5, 0.6) is 0 Å². The number of hydrogen-bond donors (Lipinski definition) is 2. The average Bonchev–Trinajstić information content (AvgIpc) is 2.09. The van der Waals surface area contributed by atoms with Crippen LogP contribution in [0.15, 0.2) is 23.1 Å². The third-order valence-corrected chi connectivity index (χ3v) is 2.93. The van der Waals surface area contributed by atoms with E-state index in [4.69, 9.17) is 10.8 Å². The molecule has 1 aromatic carbocycles. The number of aryl methyl sites for hydroxylation is 1. The number of benzene rings is 1. The van der Waals surface area contributed by atoms with E-state index in [-0.39, 0.29) is 11.9 Å². The molecule has 0 amide bonds. The Morgan fingerprint density at radius 3 is 2.77 bits per heavy atom. The Balaban J connectivity index is 2.77. The summed E-state index contributed by atoms with van der Waals surface area (Å²) in [6, 6.07) is 5.98. The normalized spacial score (nSPS) is 12.8. The number of nitrogen functional groups attached to an aromatic ring is 1. The van der Waals surface area contributed by atoms with E-state index in [2.05, 4.69) is 0 Å². The minimum absolute atomic E-state index is 0.179. The molecule has 1 atom stereocenters. The molecule has 0 aliphatic heterocycles. The average molecular weight is 197 g/mol. The van der Waals surface area contributed by atoms with Gasteiger partial charge in [0.1, 0.15) is 0 Å². The van der Waals surface area contributed by atoms with Crippen molar-refractivity contribution < 1.29 is 5.11 Å². The molecule has 3 heteroatoms. The number of thioether (sulfide) groups is 1. The number of aliphatic hydroxyl groups is 1. The minimum Gasteiger partial charge on any atom is -0.398 e. The lowest BCUT2D eigenvalue weighted by molar-refractivity contribution is 0.300. The molecule has 3 N–H and O–H groups in total. The van der Waals surface area contributed by atoms with Crippen LogP contribution >= 0.6 is 11.8 Å². The fourth-order valence-electron chi connectivity index (χ4n) is 1.03. The summed E-state index contributed by atoms with van der Waals surface area (Å²) < 4.78 is 0. The van der Waals surface area contributed by atoms with Crippen LogP contribution in [0.2, 0.25) is 0 Å². The number of hydrogen-bond acceptors (Lipinski definition) is 3. The van der Waals surface area contributed by atoms with Gasteiger partial charge in [0.25, 0.3) is 0 Å². The van der Waals surface area contributed by atoms with Gasteiger partial charge in [-0.1, -0.05) is 13.0 Å². The maximum atomic E-state index is 8.88. The summed E-state index contributed by atoms with van der Waals surface area (Å²) in [6.45, 7) is 4.17. The zero-order chi connectivity index (χ0) is 9.84. The summed E-state index contributed by atoms with van der Waals surface area (Å²) in [6.07, 6.45) is 0. The first-order valence-electron chi connectivity index (χ1n) is 4.27. The van der Waals surface area contributed by atoms with E-state index < -0.39 is 0 Å². The molecule has 13 heavy (non-hydrogen) atoms. The van der Waals surface area contributed by atoms with Crippen molar-refractivity contribution in [3.8, 4) is 0 Å². The molecule has 0 fully saturated rings. The lowest BCUT2D eigenvalue weighted by Gasteiger charge is -2.10. The second-order valence-electron chi connectivity index (χ2n) is 3.15. The molecule has 0 bridgehead atoms. The highest BCUT2D eigenvalue weighted by Crippen LogP contribution is 2.28. The quantitative estimate of drug-likeness (QED) is 0.576. The van der Waals surface area contributed by atoms with E-state index in [0.29, 0.717) is 0 Å². The van der Waals surface area contributed by atoms with Gasteiger partial charge in [-0.25, -0.2) is 0 Å². The van der Waals surface area contributed by atoms with Gasteiger partial charge < -0.3 is 10.8 Å². The van der Waals surface area contributed by atoms with Crippen molar-refractivity contribution in [3.05, 3.63) is 23.8 Å². The van der Waals surface area contributed by atoms with Gasteiger partial charge in [0.05, 0.1) is 6.61 Å². The Morgan fingerprint density at radius 1 is 1.54 bits per heavy atom. The third-order valence-electron chi connectivity index (χ3n) is 1.75. The molecule has 0 radical (unpaired) electrons. The van der Waals surface area contributed by atoms with E-state index >= 15 is 0 Å². The van der Waals surface area contributed by atoms with Crippen molar-refractivity contribution in [1.82, 2.24) is 0 Å². The molecular formula is C10H15NOS. The summed E-state index contributed by atoms with van der Waals surface area (Å²) in [5.41, 5.74) is 7.78. The molecule has 1 rings (SSSR count). The molecule has 0 aromatic heterocycles. The van der Waals surface area contributed by atoms with Crippen molar-refractivity contribution in [3.63, 3.8) is 0 Å². The Hall–Kier alpha value is -0.670. The van der Waals surface area contributed by atoms with E-state index in [1.165, 1.54) is 5.56 Å². The molecular weight excluding hydrogens is 182 g/mol. The minimum atomic E-state index is 0.179. The molecule has 72 valence electrons. The van der Waals surface area contributed by atoms with Crippen LogP contribution < -0.4 is 5.73 Å². The summed E-state index contributed by atoms with van der Waals surface area (Å²) in [5, 5.41) is 9.08. The lowest BCUT2D eigenvalue weighted by atomic mass is 10.2. The lowest BCUT2D eigenvalue weighted by Crippen LogP contribution is -2.02. The fraction of sp³-hybridized carbons (Fsp3) is 0.400. The van der Waals surface area contributed by atoms with Crippen LogP contribution in [-0.4, -0.2) is 17.0 Å². The van der Waals surface area contributed by atoms with Crippen molar-refractivity contribution in [1.29, 1.82) is 0 Å². The maximum Gasteiger partial charge on any atom is 0.0550 e. The number of rotatable bonds is 3. The first kappa shape index (κ1) is 10.4. The largest absolute Gasteiger partial charge is 0.398 e. The van der Waals surface area contributed by atoms with Crippen LogP contribution in [0.25, 0.3) is 0 Å². The van der Waals surface area contributed by atoms with Gasteiger partial charge in [-0.05, 0) is 24.6 Å². The summed E-state index contributed by atoms with van der Waals surface area (Å²) >= 11 is 1.60. The second kappa shape index (κ2) is 4.53. The predicted octanol–water partition coefficient (Wildman–Crippen LogP) is 2.05. The van der Waals surface area contributed by atoms with Gasteiger partial charge in [-0.15, -0.1) is 11.8 Å². The predicted molar refractivity (Wildman–Crippen MR) is 58.0 cm³/mol. The van der Waals surface area contributed by atoms with Gasteiger partial charge in [-0.3, -0.25) is 0 Å². The maximum absolute atomic E-state index is 8.88. The molecule has 0 heterocycles. The molecule has 0 saturated heterocycles. The third kappa shape index (κ3) is 2.94. The fourth-order valence-corrected chi connectivity index (χ4v) is 1.88. The van der Waals surface area contributed by atoms with Crippen LogP contribution in [-0.2, 0) is 0 Å². The van der Waals surface area contributed by atoms with E-state index in [1.807, 2.05) is 32.0 Å². The highest BCUT2D eigenvalue weighted by molar-refractivity contribution is 8.00. The summed E-state index contributed by atoms with van der Waals surface area (Å²) in [7, 11) is 0. The second-order valence-corrected chi connectivity index (χ2v) is 4.63. The van der Waals surface area contributed by atoms with Crippen molar-refractivity contribution in [2.24, 2.45) is 0 Å². The van der Waals surface area contributed by atoms with Crippen molar-refractivity contribution in [2.45, 2.75) is 24.0 Å². The van der Waals surface area contributed by atoms with Gasteiger partial charge >= 0.3 is 0 Å². The standard InChI is InChI=1S/C10H15NOS/c1-7-3-4-10(9(11)5-7)13-8(2)6-12/h3-5,8,12H,6,11H2,1-2H3. The molecule has 1 aromatic rings. The molecule has 0 saturated carbocycles. The first-order valence-corrected chi connectivity index (χ1v) is 5.15. The number of nitrogens with two attached hydrogens (primary N) is 1. The highest BCUT2D eigenvalue weighted by Gasteiger charge is 2.05. The monoisotopic (exact) mass is 197 g/mol. The van der Waals surface area contributed by atoms with E-state index in [0.717, 1.165) is 10.6 Å². The van der Waals surface area contributed by atoms with E-state index in [1.54, 1.807) is 11.8 Å². The molecule has 0 spiro atoms. The summed E-state index contributed by atoms with van der Waals surface area (Å²) in [4.78, 5) is 1.05. The molecule has 0 aliphatic rings. The summed E-state index contributed by atoms with van der Waals surface area (Å²) in [5.74, 6) is 0. The molecule has 0 aliphatic carbocycles. The SMILES string of the molecule is Cc1ccc(SC(C)CO)c(N)c1. The van der Waals surface area contributed by atoms with Gasteiger partial charge in [-0.2, -0.15) is 0 Å². The Bertz CT molecular complexity index is 288. The molecule has 2 nitrogen and oxygen atoms in total. The zero-order valence-electron chi connectivity index (χ0n) is 7.95. The van der Waals surface area contributed by atoms with Crippen LogP contribution in [0, 0.1) is 6.92 Å². The van der Waals surface area contributed by atoms with Crippen molar-refractivity contribution >= 4 is 17.4 Å². The van der Waals surface area contributed by atoms with Gasteiger partial charge in [0, 0.05) is 15.8 Å². The van der Waals surface area contributed by atoms with Gasteiger partial charge in [0.2, 0.25) is 0 Å². The topological polar surface area (TPSA) is 46.2 Å². The Labute approximate surface area is 83.1 Å². The van der Waals surface area contributed by atoms with Crippen LogP contribution in [0.1, 0.15) is 12.5 Å². The van der Waals surface area contributed by atoms with Crippen LogP contribution in [0.3, 0.4) is 0 Å². The van der Waals surface area contributed by atoms with Gasteiger partial charge in [0.15, 0.2) is 0 Å². The van der Waals surface area contributed by atoms with E-state index in [9.17, 15) is 0 Å². The number of anilines is 1. The molecule has 1 unspecified atom stereocenters. The highest BCUT2D eigenvalue weighted by atomic mass is 32.2. The smallest absolute Gasteiger partial charge is 0.0550 e.